The fraction of sp³-hybridized carbons (Fsp3) is 0.303. The summed E-state index contributed by atoms with van der Waals surface area (Å²) in [7, 11) is 9.47. The summed E-state index contributed by atoms with van der Waals surface area (Å²) >= 11 is 0.382. The zero-order valence-corrected chi connectivity index (χ0v) is 26.3. The average molecular weight is 608 g/mol. The van der Waals surface area contributed by atoms with E-state index in [9.17, 15) is 0 Å². The first-order valence-electron chi connectivity index (χ1n) is 13.0. The third kappa shape index (κ3) is 9.88. The second-order valence-corrected chi connectivity index (χ2v) is 11.7. The van der Waals surface area contributed by atoms with Gasteiger partial charge in [0.1, 0.15) is 0 Å². The molecule has 0 aliphatic carbocycles. The minimum absolute atomic E-state index is 0.366. The Kier molecular flexibility index (Phi) is 13.9. The Balaban J connectivity index is 0.00000170. The molecule has 2 aromatic carbocycles. The number of benzene rings is 2. The summed E-state index contributed by atoms with van der Waals surface area (Å²) in [6.07, 6.45) is 5.60. The van der Waals surface area contributed by atoms with E-state index in [1.807, 2.05) is 56.3 Å². The molecule has 6 heteroatoms. The van der Waals surface area contributed by atoms with Crippen LogP contribution < -0.4 is 0 Å². The van der Waals surface area contributed by atoms with Crippen LogP contribution >= 0.6 is 20.3 Å². The number of aliphatic imine (C=N–C) groups is 2. The molecule has 0 saturated heterocycles. The van der Waals surface area contributed by atoms with Crippen LogP contribution in [0.4, 0.5) is 11.4 Å². The third-order valence-electron chi connectivity index (χ3n) is 6.24. The van der Waals surface area contributed by atoms with Crippen LogP contribution in [0.5, 0.6) is 0 Å². The number of aromatic nitrogens is 1. The minimum atomic E-state index is 0.366. The molecule has 0 atom stereocenters. The predicted molar refractivity (Wildman–Crippen MR) is 169 cm³/mol. The number of pyridine rings is 1. The summed E-state index contributed by atoms with van der Waals surface area (Å²) in [5, 5.41) is 0. The van der Waals surface area contributed by atoms with E-state index in [1.54, 1.807) is 0 Å². The van der Waals surface area contributed by atoms with Crippen LogP contribution in [-0.2, 0) is 25.7 Å². The van der Waals surface area contributed by atoms with Crippen LogP contribution in [0.25, 0.3) is 0 Å². The van der Waals surface area contributed by atoms with Crippen molar-refractivity contribution in [1.82, 2.24) is 4.98 Å². The zero-order chi connectivity index (χ0) is 28.9. The van der Waals surface area contributed by atoms with Gasteiger partial charge in [-0.2, -0.15) is 0 Å². The van der Waals surface area contributed by atoms with Gasteiger partial charge >= 0.3 is 33.2 Å². The number of nitrogens with zero attached hydrogens (tertiary/aromatic N) is 3. The van der Waals surface area contributed by atoms with Crippen molar-refractivity contribution >= 4 is 43.1 Å². The molecule has 0 spiro atoms. The molecule has 0 aliphatic rings. The first-order chi connectivity index (χ1) is 18.6. The van der Waals surface area contributed by atoms with Gasteiger partial charge < -0.3 is 0 Å². The van der Waals surface area contributed by atoms with E-state index in [4.69, 9.17) is 35.3 Å². The van der Waals surface area contributed by atoms with Crippen LogP contribution in [-0.4, -0.2) is 16.4 Å². The van der Waals surface area contributed by atoms with Crippen LogP contribution in [0, 0.1) is 0 Å². The molecule has 3 rings (SSSR count). The Hall–Kier alpha value is -2.50. The van der Waals surface area contributed by atoms with E-state index >= 15 is 0 Å². The molecular weight excluding hydrogens is 568 g/mol. The third-order valence-corrected chi connectivity index (χ3v) is 6.24. The molecule has 39 heavy (non-hydrogen) atoms. The Morgan fingerprint density at radius 2 is 1.26 bits per heavy atom. The second kappa shape index (κ2) is 16.6. The predicted octanol–water partition coefficient (Wildman–Crippen LogP) is 10.4. The first-order valence-corrected chi connectivity index (χ1v) is 15.9. The van der Waals surface area contributed by atoms with Gasteiger partial charge in [-0.05, 0) is 85.0 Å². The van der Waals surface area contributed by atoms with Crippen molar-refractivity contribution in [3.8, 4) is 0 Å². The fourth-order valence-electron chi connectivity index (χ4n) is 4.23. The molecule has 209 valence electrons. The normalized spacial score (nSPS) is 11.9. The first kappa shape index (κ1) is 32.7. The molecule has 0 saturated carbocycles. The van der Waals surface area contributed by atoms with Crippen molar-refractivity contribution < 1.29 is 12.9 Å². The number of hydrogen-bond donors (Lipinski definition) is 0. The maximum absolute atomic E-state index is 5.16. The molecule has 1 aromatic heterocycles. The molecule has 3 nitrogen and oxygen atoms in total. The van der Waals surface area contributed by atoms with Crippen LogP contribution in [0.2, 0.25) is 0 Å². The van der Waals surface area contributed by atoms with Gasteiger partial charge in [0, 0.05) is 0 Å². The Morgan fingerprint density at radius 1 is 0.795 bits per heavy atom. The van der Waals surface area contributed by atoms with Crippen LogP contribution in [0.3, 0.4) is 0 Å². The molecule has 0 unspecified atom stereocenters. The molecular formula is C33H39Cl2CoN3. The van der Waals surface area contributed by atoms with Crippen molar-refractivity contribution in [2.24, 2.45) is 9.98 Å². The SMILES string of the molecule is C=CCc1ccc(N=C(C)c2cccc(C(C)=Nc3c(C(C)C)cc(CC=C)cc3C(C)C)n2)cc1.[Cl][Co][Cl]. The molecule has 0 radical (unpaired) electrons. The van der Waals surface area contributed by atoms with Gasteiger partial charge in [-0.3, -0.25) is 9.98 Å². The van der Waals surface area contributed by atoms with Crippen LogP contribution in [0.15, 0.2) is 89.9 Å². The van der Waals surface area contributed by atoms with Crippen LogP contribution in [0.1, 0.15) is 87.0 Å². The monoisotopic (exact) mass is 606 g/mol. The number of halogens is 2. The van der Waals surface area contributed by atoms with Gasteiger partial charge in [0.25, 0.3) is 0 Å². The van der Waals surface area contributed by atoms with Crippen molar-refractivity contribution in [3.63, 3.8) is 0 Å². The maximum atomic E-state index is 5.16. The van der Waals surface area contributed by atoms with Gasteiger partial charge in [-0.15, -0.1) is 13.2 Å². The van der Waals surface area contributed by atoms with E-state index in [1.165, 1.54) is 22.3 Å². The molecule has 1 heterocycles. The zero-order valence-electron chi connectivity index (χ0n) is 23.8. The number of allylic oxidation sites excluding steroid dienone is 2. The molecule has 3 aromatic rings. The van der Waals surface area contributed by atoms with E-state index in [2.05, 4.69) is 65.1 Å². The number of rotatable bonds is 10. The quantitative estimate of drug-likeness (QED) is 0.167. The Bertz CT molecular complexity index is 1280. The van der Waals surface area contributed by atoms with E-state index < -0.39 is 0 Å². The molecule has 0 fully saturated rings. The molecule has 0 N–H and O–H groups in total. The summed E-state index contributed by atoms with van der Waals surface area (Å²) in [4.78, 5) is 14.9. The average Bonchev–Trinajstić information content (AvgIpc) is 2.91. The van der Waals surface area contributed by atoms with Crippen molar-refractivity contribution in [2.75, 3.05) is 0 Å². The van der Waals surface area contributed by atoms with Crippen molar-refractivity contribution in [3.05, 3.63) is 114 Å². The van der Waals surface area contributed by atoms with Gasteiger partial charge in [0.15, 0.2) is 0 Å². The summed E-state index contributed by atoms with van der Waals surface area (Å²) in [5.74, 6) is 0.732. The Labute approximate surface area is 249 Å². The molecule has 0 bridgehead atoms. The summed E-state index contributed by atoms with van der Waals surface area (Å²) in [6.45, 7) is 20.7. The number of hydrogen-bond acceptors (Lipinski definition) is 3. The van der Waals surface area contributed by atoms with Gasteiger partial charge in [-0.25, -0.2) is 4.98 Å². The van der Waals surface area contributed by atoms with Crippen molar-refractivity contribution in [1.29, 1.82) is 0 Å². The standard InChI is InChI=1S/C33H39N3.2ClH.Co/c1-9-12-26-16-18-28(19-17-26)34-24(7)31-14-11-15-32(36-31)25(8)35-33-29(22(3)4)20-27(13-10-2)21-30(33)23(5)6;;;/h9-11,14-23H,1-2,12-13H2,3-8H3;2*1H;/q;;;+2/p-2. The van der Waals surface area contributed by atoms with Gasteiger partial charge in [-0.1, -0.05) is 70.2 Å². The molecule has 0 aliphatic heterocycles. The van der Waals surface area contributed by atoms with Crippen molar-refractivity contribution in [2.45, 2.75) is 66.2 Å². The summed E-state index contributed by atoms with van der Waals surface area (Å²) in [6, 6.07) is 18.9. The topological polar surface area (TPSA) is 37.6 Å². The Morgan fingerprint density at radius 3 is 1.72 bits per heavy atom. The van der Waals surface area contributed by atoms with Gasteiger partial charge in [0.05, 0.1) is 34.2 Å². The molecule has 0 amide bonds. The van der Waals surface area contributed by atoms with E-state index in [-0.39, 0.29) is 0 Å². The second-order valence-electron chi connectivity index (χ2n) is 9.93. The van der Waals surface area contributed by atoms with Gasteiger partial charge in [0.2, 0.25) is 0 Å². The summed E-state index contributed by atoms with van der Waals surface area (Å²) < 4.78 is 0. The summed E-state index contributed by atoms with van der Waals surface area (Å²) in [5.41, 5.74) is 10.5. The van der Waals surface area contributed by atoms with E-state index in [0.29, 0.717) is 24.7 Å². The van der Waals surface area contributed by atoms with E-state index in [0.717, 1.165) is 47.0 Å². The fourth-order valence-corrected chi connectivity index (χ4v) is 4.23.